The largest absolute Gasteiger partial charge is 0.491 e. The molecule has 2 heteroatoms. The van der Waals surface area contributed by atoms with E-state index in [2.05, 4.69) is 0 Å². The summed E-state index contributed by atoms with van der Waals surface area (Å²) in [5, 5.41) is 0. The Hall–Kier alpha value is -1.02. The first-order chi connectivity index (χ1) is 7.45. The van der Waals surface area contributed by atoms with E-state index in [1.807, 2.05) is 30.3 Å². The number of rotatable bonds is 5. The summed E-state index contributed by atoms with van der Waals surface area (Å²) >= 11 is 0. The van der Waals surface area contributed by atoms with Gasteiger partial charge in [0.2, 0.25) is 0 Å². The van der Waals surface area contributed by atoms with Crippen LogP contribution in [0.1, 0.15) is 25.7 Å². The third-order valence-corrected chi connectivity index (χ3v) is 2.75. The predicted octanol–water partition coefficient (Wildman–Crippen LogP) is 3.02. The molecule has 0 unspecified atom stereocenters. The second-order valence-electron chi connectivity index (χ2n) is 3.94. The molecular weight excluding hydrogens is 188 g/mol. The summed E-state index contributed by atoms with van der Waals surface area (Å²) in [5.41, 5.74) is 0. The summed E-state index contributed by atoms with van der Waals surface area (Å²) < 4.78 is 11.2. The molecule has 0 N–H and O–H groups in total. The quantitative estimate of drug-likeness (QED) is 0.689. The van der Waals surface area contributed by atoms with Crippen LogP contribution in [0.15, 0.2) is 30.3 Å². The third-order valence-electron chi connectivity index (χ3n) is 2.75. The van der Waals surface area contributed by atoms with E-state index in [4.69, 9.17) is 9.47 Å². The van der Waals surface area contributed by atoms with Crippen molar-refractivity contribution in [2.45, 2.75) is 31.8 Å². The van der Waals surface area contributed by atoms with Crippen LogP contribution in [-0.4, -0.2) is 19.3 Å². The molecule has 1 aliphatic rings. The van der Waals surface area contributed by atoms with Crippen LogP contribution in [0.5, 0.6) is 5.75 Å². The van der Waals surface area contributed by atoms with E-state index in [0.717, 1.165) is 5.75 Å². The van der Waals surface area contributed by atoms with Crippen molar-refractivity contribution in [2.75, 3.05) is 13.2 Å². The van der Waals surface area contributed by atoms with Crippen LogP contribution in [0.4, 0.5) is 0 Å². The molecule has 0 saturated heterocycles. The van der Waals surface area contributed by atoms with E-state index in [-0.39, 0.29) is 0 Å². The highest BCUT2D eigenvalue weighted by Crippen LogP contribution is 2.20. The van der Waals surface area contributed by atoms with Gasteiger partial charge in [0.1, 0.15) is 12.4 Å². The minimum atomic E-state index is 0.490. The van der Waals surface area contributed by atoms with Gasteiger partial charge in [-0.25, -0.2) is 0 Å². The standard InChI is InChI=1S/C13H18O2/c1-2-6-12(7-3-1)14-10-11-15-13-8-4-5-9-13/h1-3,6-7,13H,4-5,8-11H2. The molecule has 0 bridgehead atoms. The van der Waals surface area contributed by atoms with Gasteiger partial charge in [0, 0.05) is 0 Å². The Kier molecular flexibility index (Phi) is 4.03. The van der Waals surface area contributed by atoms with E-state index in [1.165, 1.54) is 25.7 Å². The number of para-hydroxylation sites is 1. The summed E-state index contributed by atoms with van der Waals surface area (Å²) in [4.78, 5) is 0. The first kappa shape index (κ1) is 10.5. The average molecular weight is 206 g/mol. The van der Waals surface area contributed by atoms with Gasteiger partial charge < -0.3 is 9.47 Å². The lowest BCUT2D eigenvalue weighted by Gasteiger charge is -2.11. The minimum Gasteiger partial charge on any atom is -0.491 e. The number of hydrogen-bond acceptors (Lipinski definition) is 2. The van der Waals surface area contributed by atoms with Gasteiger partial charge in [0.05, 0.1) is 12.7 Å². The molecule has 0 heterocycles. The summed E-state index contributed by atoms with van der Waals surface area (Å²) in [5.74, 6) is 0.924. The van der Waals surface area contributed by atoms with Crippen molar-refractivity contribution in [1.82, 2.24) is 0 Å². The van der Waals surface area contributed by atoms with Gasteiger partial charge in [-0.1, -0.05) is 31.0 Å². The highest BCUT2D eigenvalue weighted by molar-refractivity contribution is 5.20. The lowest BCUT2D eigenvalue weighted by molar-refractivity contribution is 0.0382. The molecular formula is C13H18O2. The summed E-state index contributed by atoms with van der Waals surface area (Å²) in [6.07, 6.45) is 5.59. The van der Waals surface area contributed by atoms with Crippen molar-refractivity contribution in [3.05, 3.63) is 30.3 Å². The second kappa shape index (κ2) is 5.76. The molecule has 82 valence electrons. The predicted molar refractivity (Wildman–Crippen MR) is 60.1 cm³/mol. The molecule has 1 aromatic carbocycles. The molecule has 2 rings (SSSR count). The Morgan fingerprint density at radius 2 is 1.73 bits per heavy atom. The molecule has 0 amide bonds. The van der Waals surface area contributed by atoms with E-state index < -0.39 is 0 Å². The summed E-state index contributed by atoms with van der Waals surface area (Å²) in [6, 6.07) is 9.88. The van der Waals surface area contributed by atoms with Gasteiger partial charge in [0.25, 0.3) is 0 Å². The lowest BCUT2D eigenvalue weighted by atomic mass is 10.3. The minimum absolute atomic E-state index is 0.490. The molecule has 15 heavy (non-hydrogen) atoms. The van der Waals surface area contributed by atoms with Crippen molar-refractivity contribution in [3.63, 3.8) is 0 Å². The van der Waals surface area contributed by atoms with E-state index >= 15 is 0 Å². The fraction of sp³-hybridized carbons (Fsp3) is 0.538. The maximum Gasteiger partial charge on any atom is 0.119 e. The molecule has 1 aliphatic carbocycles. The van der Waals surface area contributed by atoms with Crippen molar-refractivity contribution in [2.24, 2.45) is 0 Å². The van der Waals surface area contributed by atoms with Gasteiger partial charge in [-0.2, -0.15) is 0 Å². The number of ether oxygens (including phenoxy) is 2. The van der Waals surface area contributed by atoms with Crippen LogP contribution >= 0.6 is 0 Å². The fourth-order valence-corrected chi connectivity index (χ4v) is 1.95. The molecule has 1 saturated carbocycles. The smallest absolute Gasteiger partial charge is 0.119 e. The van der Waals surface area contributed by atoms with E-state index in [9.17, 15) is 0 Å². The van der Waals surface area contributed by atoms with Crippen LogP contribution in [0.3, 0.4) is 0 Å². The van der Waals surface area contributed by atoms with E-state index in [1.54, 1.807) is 0 Å². The molecule has 0 aromatic heterocycles. The second-order valence-corrected chi connectivity index (χ2v) is 3.94. The fourth-order valence-electron chi connectivity index (χ4n) is 1.95. The maximum atomic E-state index is 5.70. The lowest BCUT2D eigenvalue weighted by Crippen LogP contribution is -2.13. The summed E-state index contributed by atoms with van der Waals surface area (Å²) in [7, 11) is 0. The van der Waals surface area contributed by atoms with Gasteiger partial charge in [-0.15, -0.1) is 0 Å². The zero-order valence-electron chi connectivity index (χ0n) is 9.02. The first-order valence-electron chi connectivity index (χ1n) is 5.74. The Bertz CT molecular complexity index is 265. The van der Waals surface area contributed by atoms with Gasteiger partial charge in [-0.05, 0) is 25.0 Å². The Balaban J connectivity index is 1.59. The van der Waals surface area contributed by atoms with Crippen molar-refractivity contribution in [1.29, 1.82) is 0 Å². The van der Waals surface area contributed by atoms with Crippen LogP contribution in [-0.2, 0) is 4.74 Å². The molecule has 0 aliphatic heterocycles. The Morgan fingerprint density at radius 3 is 2.47 bits per heavy atom. The highest BCUT2D eigenvalue weighted by atomic mass is 16.5. The molecule has 0 radical (unpaired) electrons. The summed E-state index contributed by atoms with van der Waals surface area (Å²) in [6.45, 7) is 1.36. The van der Waals surface area contributed by atoms with Gasteiger partial charge in [-0.3, -0.25) is 0 Å². The Morgan fingerprint density at radius 1 is 1.00 bits per heavy atom. The third kappa shape index (κ3) is 3.56. The number of benzene rings is 1. The van der Waals surface area contributed by atoms with Crippen LogP contribution in [0, 0.1) is 0 Å². The monoisotopic (exact) mass is 206 g/mol. The van der Waals surface area contributed by atoms with Crippen LogP contribution in [0.2, 0.25) is 0 Å². The van der Waals surface area contributed by atoms with Crippen molar-refractivity contribution >= 4 is 0 Å². The topological polar surface area (TPSA) is 18.5 Å². The maximum absolute atomic E-state index is 5.70. The van der Waals surface area contributed by atoms with Crippen LogP contribution in [0.25, 0.3) is 0 Å². The first-order valence-corrected chi connectivity index (χ1v) is 5.74. The van der Waals surface area contributed by atoms with Gasteiger partial charge in [0.15, 0.2) is 0 Å². The molecule has 2 nitrogen and oxygen atoms in total. The van der Waals surface area contributed by atoms with Crippen molar-refractivity contribution in [3.8, 4) is 5.75 Å². The molecule has 0 atom stereocenters. The highest BCUT2D eigenvalue weighted by Gasteiger charge is 2.14. The van der Waals surface area contributed by atoms with Gasteiger partial charge >= 0.3 is 0 Å². The molecule has 0 spiro atoms. The van der Waals surface area contributed by atoms with Crippen LogP contribution < -0.4 is 4.74 Å². The van der Waals surface area contributed by atoms with E-state index in [0.29, 0.717) is 19.3 Å². The number of hydrogen-bond donors (Lipinski definition) is 0. The van der Waals surface area contributed by atoms with Crippen molar-refractivity contribution < 1.29 is 9.47 Å². The Labute approximate surface area is 91.2 Å². The molecule has 1 fully saturated rings. The zero-order valence-corrected chi connectivity index (χ0v) is 9.02. The average Bonchev–Trinajstić information content (AvgIpc) is 2.79. The normalized spacial score (nSPS) is 16.8. The molecule has 1 aromatic rings. The SMILES string of the molecule is c1ccc(OCCOC2CCCC2)cc1. The zero-order chi connectivity index (χ0) is 10.3.